The number of alkyl halides is 1. The van der Waals surface area contributed by atoms with Gasteiger partial charge in [-0.15, -0.1) is 0 Å². The van der Waals surface area contributed by atoms with Crippen LogP contribution in [0.1, 0.15) is 28.9 Å². The molecule has 6 rings (SSSR count). The third-order valence-electron chi connectivity index (χ3n) is 6.93. The number of nitrogens with zero attached hydrogens (tertiary/aromatic N) is 2. The van der Waals surface area contributed by atoms with E-state index in [4.69, 9.17) is 12.5 Å². The fourth-order valence-corrected chi connectivity index (χ4v) is 6.98. The Hall–Kier alpha value is -3.55. The number of carbonyl (C=O) groups is 2. The number of fused-ring (bicyclic) bond motifs is 6. The van der Waals surface area contributed by atoms with E-state index in [1.54, 1.807) is 29.4 Å². The fourth-order valence-electron chi connectivity index (χ4n) is 5.15. The van der Waals surface area contributed by atoms with Gasteiger partial charge in [0.2, 0.25) is 0 Å². The molecule has 2 unspecified atom stereocenters. The van der Waals surface area contributed by atoms with Gasteiger partial charge >= 0.3 is 230 Å². The van der Waals surface area contributed by atoms with Crippen LogP contribution in [-0.2, 0) is 9.49 Å². The van der Waals surface area contributed by atoms with Crippen LogP contribution in [0.2, 0.25) is 0 Å². The molecule has 3 aromatic rings. The van der Waals surface area contributed by atoms with E-state index >= 15 is 0 Å². The van der Waals surface area contributed by atoms with Crippen LogP contribution in [0.3, 0.4) is 0 Å². The van der Waals surface area contributed by atoms with E-state index in [9.17, 15) is 14.0 Å². The molecule has 1 fully saturated rings. The zero-order valence-corrected chi connectivity index (χ0v) is 22.7. The van der Waals surface area contributed by atoms with Crippen LogP contribution in [0.4, 0.5) is 20.6 Å². The molecule has 0 spiro atoms. The summed E-state index contributed by atoms with van der Waals surface area (Å²) in [6, 6.07) is 6.39. The predicted octanol–water partition coefficient (Wildman–Crippen LogP) is 0.825. The molecule has 2 atom stereocenters. The van der Waals surface area contributed by atoms with Crippen molar-refractivity contribution in [2.45, 2.75) is 23.3 Å². The number of piperidine rings is 1. The first-order chi connectivity index (χ1) is 18.5. The van der Waals surface area contributed by atoms with Gasteiger partial charge in [-0.25, -0.2) is 0 Å². The fraction of sp³-hybridized carbons (Fsp3) is 0.346. The second-order valence-electron chi connectivity index (χ2n) is 9.39. The molecule has 10 nitrogen and oxygen atoms in total. The number of nitrogens with one attached hydrogen (secondary N) is 3. The van der Waals surface area contributed by atoms with Crippen molar-refractivity contribution in [1.29, 1.82) is 0 Å². The minimum absolute atomic E-state index is 0.0375. The Balaban J connectivity index is 1.47. The van der Waals surface area contributed by atoms with Gasteiger partial charge in [-0.1, -0.05) is 0 Å². The van der Waals surface area contributed by atoms with E-state index < -0.39 is 27.4 Å². The number of carbonyl (C=O) groups excluding carboxylic acids is 2. The maximum absolute atomic E-state index is 14.5. The van der Waals surface area contributed by atoms with E-state index in [2.05, 4.69) is 20.6 Å². The quantitative estimate of drug-likeness (QED) is 0.222. The van der Waals surface area contributed by atoms with Crippen molar-refractivity contribution in [3.63, 3.8) is 0 Å². The summed E-state index contributed by atoms with van der Waals surface area (Å²) >= 11 is -1.11. The summed E-state index contributed by atoms with van der Waals surface area (Å²) in [6.07, 6.45) is 5.23. The van der Waals surface area contributed by atoms with Gasteiger partial charge in [-0.3, -0.25) is 0 Å². The Labute approximate surface area is 229 Å². The number of halogens is 2. The summed E-state index contributed by atoms with van der Waals surface area (Å²) in [5.41, 5.74) is 3.28. The molecule has 38 heavy (non-hydrogen) atoms. The van der Waals surface area contributed by atoms with Crippen molar-refractivity contribution in [3.05, 3.63) is 53.7 Å². The van der Waals surface area contributed by atoms with Crippen LogP contribution in [0.5, 0.6) is 11.5 Å². The molecule has 1 aromatic carbocycles. The third-order valence-corrected chi connectivity index (χ3v) is 8.93. The number of anilines is 2. The average Bonchev–Trinajstić information content (AvgIpc) is 3.29. The Morgan fingerprint density at radius 3 is 3.05 bits per heavy atom. The molecule has 2 aromatic heterocycles. The molecule has 5 bridgehead atoms. The third kappa shape index (κ3) is 4.61. The number of aromatic amines is 1. The number of rotatable bonds is 3. The molecule has 5 heterocycles. The van der Waals surface area contributed by atoms with E-state index in [1.807, 2.05) is 6.07 Å². The van der Waals surface area contributed by atoms with Crippen molar-refractivity contribution in [1.82, 2.24) is 20.2 Å². The normalized spacial score (nSPS) is 21.1. The number of H-pyrrole nitrogens is 1. The van der Waals surface area contributed by atoms with E-state index in [-0.39, 0.29) is 27.7 Å². The molecule has 200 valence electrons. The van der Waals surface area contributed by atoms with E-state index in [1.165, 1.54) is 13.2 Å². The Kier molecular flexibility index (Phi) is 6.72. The number of hydrogen-bond donors (Lipinski definition) is 3. The van der Waals surface area contributed by atoms with Crippen molar-refractivity contribution in [2.75, 3.05) is 32.1 Å². The minimum atomic E-state index is -1.11. The van der Waals surface area contributed by atoms with Crippen molar-refractivity contribution in [2.24, 2.45) is 5.92 Å². The van der Waals surface area contributed by atoms with Gasteiger partial charge in [0.15, 0.2) is 0 Å². The zero-order chi connectivity index (χ0) is 26.2. The second-order valence-corrected chi connectivity index (χ2v) is 11.8. The summed E-state index contributed by atoms with van der Waals surface area (Å²) in [4.78, 5) is 35.6. The Morgan fingerprint density at radius 1 is 1.29 bits per heavy atom. The molecule has 1 saturated heterocycles. The SMILES string of the molecule is COc1c(F)cccc1Nc1c2[nH]c3c1C(=O)NC(C3)[I-]OC(=O)N1CCCC(COc3cnccc3-2)C1. The van der Waals surface area contributed by atoms with Gasteiger partial charge in [0.05, 0.1) is 0 Å². The first-order valence-electron chi connectivity index (χ1n) is 12.3. The first-order valence-corrected chi connectivity index (χ1v) is 14.5. The molecular formula is C26H26FIN5O5-. The summed E-state index contributed by atoms with van der Waals surface area (Å²) in [7, 11) is 1.39. The van der Waals surface area contributed by atoms with Crippen LogP contribution in [0, 0.1) is 11.7 Å². The van der Waals surface area contributed by atoms with Crippen LogP contribution < -0.4 is 41.7 Å². The molecule has 3 aliphatic heterocycles. The van der Waals surface area contributed by atoms with Gasteiger partial charge in [-0.05, 0) is 0 Å². The number of hydrogen-bond acceptors (Lipinski definition) is 7. The molecule has 3 N–H and O–H groups in total. The van der Waals surface area contributed by atoms with Gasteiger partial charge in [0, 0.05) is 0 Å². The number of methoxy groups -OCH3 is 1. The van der Waals surface area contributed by atoms with Crippen LogP contribution >= 0.6 is 0 Å². The first kappa shape index (κ1) is 24.8. The average molecular weight is 634 g/mol. The topological polar surface area (TPSA) is 118 Å². The number of para-hydroxylation sites is 1. The van der Waals surface area contributed by atoms with Gasteiger partial charge in [0.1, 0.15) is 0 Å². The molecule has 0 radical (unpaired) electrons. The Morgan fingerprint density at radius 2 is 2.18 bits per heavy atom. The van der Waals surface area contributed by atoms with Gasteiger partial charge < -0.3 is 0 Å². The maximum atomic E-state index is 14.5. The van der Waals surface area contributed by atoms with E-state index in [0.717, 1.165) is 12.8 Å². The predicted molar refractivity (Wildman–Crippen MR) is 131 cm³/mol. The standard InChI is InChI=1S/C26H26FIN5O5/c1-36-24-16(27)5-2-6-17(24)30-23-21-18-10-20(32-25(21)34)28-38-26(35)33-9-3-4-14(12-33)13-37-19-11-29-8-7-15(19)22(23)31-18/h2,5-8,11,14,20,30-31H,3-4,9-10,12-13H2,1H3,(H,32,34)/q-1. The summed E-state index contributed by atoms with van der Waals surface area (Å²) in [5, 5.41) is 6.25. The van der Waals surface area contributed by atoms with Crippen molar-refractivity contribution in [3.8, 4) is 22.8 Å². The van der Waals surface area contributed by atoms with Crippen LogP contribution in [0.15, 0.2) is 36.7 Å². The molecule has 0 aliphatic carbocycles. The summed E-state index contributed by atoms with van der Waals surface area (Å²) < 4.78 is 31.5. The number of pyridine rings is 1. The molecule has 0 saturated carbocycles. The number of ether oxygens (including phenoxy) is 2. The zero-order valence-electron chi connectivity index (χ0n) is 20.6. The van der Waals surface area contributed by atoms with Gasteiger partial charge in [-0.2, -0.15) is 0 Å². The number of amides is 2. The van der Waals surface area contributed by atoms with Crippen molar-refractivity contribution < 1.29 is 48.1 Å². The Bertz CT molecular complexity index is 1400. The monoisotopic (exact) mass is 634 g/mol. The number of aromatic nitrogens is 2. The van der Waals surface area contributed by atoms with Gasteiger partial charge in [0.25, 0.3) is 0 Å². The summed E-state index contributed by atoms with van der Waals surface area (Å²) in [6.45, 7) is 1.61. The summed E-state index contributed by atoms with van der Waals surface area (Å²) in [5.74, 6) is -0.104. The number of benzene rings is 1. The molecular weight excluding hydrogens is 608 g/mol. The molecule has 12 heteroatoms. The van der Waals surface area contributed by atoms with E-state index in [0.29, 0.717) is 65.8 Å². The van der Waals surface area contributed by atoms with Crippen molar-refractivity contribution >= 4 is 23.4 Å². The van der Waals surface area contributed by atoms with Crippen LogP contribution in [-0.4, -0.2) is 57.7 Å². The molecule has 2 amide bonds. The second kappa shape index (κ2) is 10.3. The molecule has 3 aliphatic rings. The van der Waals surface area contributed by atoms with Crippen LogP contribution in [0.25, 0.3) is 11.3 Å².